The number of nitrogens with two attached hydrogens (primary N) is 1. The predicted molar refractivity (Wildman–Crippen MR) is 109 cm³/mol. The molecule has 0 bridgehead atoms. The highest BCUT2D eigenvalue weighted by molar-refractivity contribution is 7.88. The fourth-order valence-electron chi connectivity index (χ4n) is 3.49. The Labute approximate surface area is 168 Å². The molecule has 152 valence electrons. The molecule has 1 fully saturated rings. The van der Waals surface area contributed by atoms with Gasteiger partial charge in [-0.1, -0.05) is 0 Å². The van der Waals surface area contributed by atoms with Crippen LogP contribution in [0.2, 0.25) is 0 Å². The van der Waals surface area contributed by atoms with Gasteiger partial charge in [-0.05, 0) is 35.9 Å². The van der Waals surface area contributed by atoms with Gasteiger partial charge >= 0.3 is 0 Å². The maximum atomic E-state index is 14.3. The average Bonchev–Trinajstić information content (AvgIpc) is 2.67. The number of halogens is 1. The maximum absolute atomic E-state index is 14.3. The molecule has 2 N–H and O–H groups in total. The zero-order valence-electron chi connectivity index (χ0n) is 15.9. The van der Waals surface area contributed by atoms with Gasteiger partial charge in [0.25, 0.3) is 0 Å². The molecule has 0 spiro atoms. The van der Waals surface area contributed by atoms with Gasteiger partial charge in [-0.2, -0.15) is 4.31 Å². The Hall–Kier alpha value is -2.69. The van der Waals surface area contributed by atoms with Crippen LogP contribution >= 0.6 is 0 Å². The molecule has 29 heavy (non-hydrogen) atoms. The molecule has 3 heterocycles. The summed E-state index contributed by atoms with van der Waals surface area (Å²) in [6, 6.07) is 8.37. The highest BCUT2D eigenvalue weighted by Crippen LogP contribution is 2.25. The van der Waals surface area contributed by atoms with Crippen LogP contribution in [0.25, 0.3) is 22.3 Å². The van der Waals surface area contributed by atoms with Crippen molar-refractivity contribution in [2.75, 3.05) is 38.2 Å². The smallest absolute Gasteiger partial charge is 0.211 e. The standard InChI is InChI=1S/C19H21FN6O2S/c1-29(27,28)26-6-4-25(5-7-26)11-13-8-14(10-15(20)9-13)16-2-3-17-18(24-16)19(21)23-12-22-17/h2-3,8-10,12H,4-7,11H2,1H3,(H2,21,22,23). The van der Waals surface area contributed by atoms with E-state index < -0.39 is 10.0 Å². The Morgan fingerprint density at radius 1 is 1.10 bits per heavy atom. The first-order valence-electron chi connectivity index (χ1n) is 9.14. The third kappa shape index (κ3) is 4.34. The number of benzene rings is 1. The Kier molecular flexibility index (Phi) is 5.15. The number of aromatic nitrogens is 3. The molecule has 0 amide bonds. The van der Waals surface area contributed by atoms with Crippen molar-refractivity contribution in [1.29, 1.82) is 0 Å². The summed E-state index contributed by atoms with van der Waals surface area (Å²) in [7, 11) is -3.18. The summed E-state index contributed by atoms with van der Waals surface area (Å²) in [6.07, 6.45) is 2.60. The molecular weight excluding hydrogens is 395 g/mol. The van der Waals surface area contributed by atoms with Crippen LogP contribution in [0, 0.1) is 5.82 Å². The van der Waals surface area contributed by atoms with Gasteiger partial charge in [0.15, 0.2) is 5.82 Å². The topological polar surface area (TPSA) is 105 Å². The molecule has 2 aromatic heterocycles. The molecule has 0 saturated carbocycles. The third-order valence-electron chi connectivity index (χ3n) is 4.97. The molecule has 8 nitrogen and oxygen atoms in total. The number of nitrogen functional groups attached to an aromatic ring is 1. The zero-order valence-corrected chi connectivity index (χ0v) is 16.7. The SMILES string of the molecule is CS(=O)(=O)N1CCN(Cc2cc(F)cc(-c3ccc4ncnc(N)c4n3)c2)CC1. The highest BCUT2D eigenvalue weighted by Gasteiger charge is 2.23. The van der Waals surface area contributed by atoms with Crippen molar-refractivity contribution in [3.8, 4) is 11.3 Å². The number of pyridine rings is 1. The summed E-state index contributed by atoms with van der Waals surface area (Å²) in [6.45, 7) is 2.60. The van der Waals surface area contributed by atoms with Crippen LogP contribution in [0.5, 0.6) is 0 Å². The largest absolute Gasteiger partial charge is 0.382 e. The quantitative estimate of drug-likeness (QED) is 0.687. The number of hydrogen-bond donors (Lipinski definition) is 1. The lowest BCUT2D eigenvalue weighted by atomic mass is 10.1. The van der Waals surface area contributed by atoms with Gasteiger partial charge < -0.3 is 5.73 Å². The first-order valence-corrected chi connectivity index (χ1v) is 11.0. The van der Waals surface area contributed by atoms with Gasteiger partial charge in [0, 0.05) is 38.3 Å². The van der Waals surface area contributed by atoms with E-state index in [-0.39, 0.29) is 11.6 Å². The van der Waals surface area contributed by atoms with Gasteiger partial charge in [0.05, 0.1) is 17.5 Å². The number of piperazine rings is 1. The molecule has 1 aliphatic rings. The Morgan fingerprint density at radius 3 is 2.59 bits per heavy atom. The maximum Gasteiger partial charge on any atom is 0.211 e. The number of anilines is 1. The molecule has 4 rings (SSSR count). The van der Waals surface area contributed by atoms with E-state index in [0.717, 1.165) is 5.56 Å². The van der Waals surface area contributed by atoms with Crippen molar-refractivity contribution in [1.82, 2.24) is 24.2 Å². The Morgan fingerprint density at radius 2 is 1.86 bits per heavy atom. The van der Waals surface area contributed by atoms with E-state index in [1.807, 2.05) is 6.07 Å². The fraction of sp³-hybridized carbons (Fsp3) is 0.316. The average molecular weight is 416 g/mol. The molecule has 10 heteroatoms. The minimum absolute atomic E-state index is 0.275. The van der Waals surface area contributed by atoms with Crippen LogP contribution in [0.3, 0.4) is 0 Å². The van der Waals surface area contributed by atoms with E-state index in [2.05, 4.69) is 19.9 Å². The number of nitrogens with zero attached hydrogens (tertiary/aromatic N) is 5. The van der Waals surface area contributed by atoms with Crippen LogP contribution in [0.4, 0.5) is 10.2 Å². The van der Waals surface area contributed by atoms with E-state index in [9.17, 15) is 12.8 Å². The van der Waals surface area contributed by atoms with Crippen molar-refractivity contribution >= 4 is 26.9 Å². The van der Waals surface area contributed by atoms with Crippen molar-refractivity contribution < 1.29 is 12.8 Å². The number of rotatable bonds is 4. The molecule has 3 aromatic rings. The second-order valence-corrected chi connectivity index (χ2v) is 9.09. The summed E-state index contributed by atoms with van der Waals surface area (Å²) in [4.78, 5) is 14.7. The van der Waals surface area contributed by atoms with E-state index in [1.54, 1.807) is 12.1 Å². The summed E-state index contributed by atoms with van der Waals surface area (Å²) in [5, 5.41) is 0. The molecule has 1 aromatic carbocycles. The van der Waals surface area contributed by atoms with Crippen LogP contribution < -0.4 is 5.73 Å². The van der Waals surface area contributed by atoms with Gasteiger partial charge in [0.1, 0.15) is 17.7 Å². The molecule has 1 saturated heterocycles. The normalized spacial score (nSPS) is 16.3. The number of hydrogen-bond acceptors (Lipinski definition) is 7. The van der Waals surface area contributed by atoms with Crippen molar-refractivity contribution in [2.24, 2.45) is 0 Å². The lowest BCUT2D eigenvalue weighted by Crippen LogP contribution is -2.47. The molecule has 0 atom stereocenters. The second kappa shape index (κ2) is 7.62. The van der Waals surface area contributed by atoms with Gasteiger partial charge in [-0.3, -0.25) is 4.90 Å². The van der Waals surface area contributed by atoms with Crippen molar-refractivity contribution in [2.45, 2.75) is 6.54 Å². The summed E-state index contributed by atoms with van der Waals surface area (Å²) < 4.78 is 39.1. The van der Waals surface area contributed by atoms with Gasteiger partial charge in [-0.25, -0.2) is 27.8 Å². The van der Waals surface area contributed by atoms with Gasteiger partial charge in [-0.15, -0.1) is 0 Å². The van der Waals surface area contributed by atoms with E-state index in [4.69, 9.17) is 5.73 Å². The third-order valence-corrected chi connectivity index (χ3v) is 6.27. The first kappa shape index (κ1) is 19.6. The summed E-state index contributed by atoms with van der Waals surface area (Å²) in [5.74, 6) is -0.0799. The lowest BCUT2D eigenvalue weighted by molar-refractivity contribution is 0.182. The number of fused-ring (bicyclic) bond motifs is 1. The van der Waals surface area contributed by atoms with Crippen LogP contribution in [-0.4, -0.2) is 65.0 Å². The van der Waals surface area contributed by atoms with Crippen LogP contribution in [-0.2, 0) is 16.6 Å². The Bertz CT molecular complexity index is 1160. The first-order chi connectivity index (χ1) is 13.8. The predicted octanol–water partition coefficient (Wildman–Crippen LogP) is 1.49. The minimum atomic E-state index is -3.18. The molecule has 0 radical (unpaired) electrons. The van der Waals surface area contributed by atoms with Gasteiger partial charge in [0.2, 0.25) is 10.0 Å². The zero-order chi connectivity index (χ0) is 20.6. The van der Waals surface area contributed by atoms with Crippen LogP contribution in [0.1, 0.15) is 5.56 Å². The van der Waals surface area contributed by atoms with E-state index >= 15 is 0 Å². The molecule has 1 aliphatic heterocycles. The van der Waals surface area contributed by atoms with E-state index in [1.165, 1.54) is 29.0 Å². The molecule has 0 unspecified atom stereocenters. The summed E-state index contributed by atoms with van der Waals surface area (Å²) >= 11 is 0. The number of sulfonamides is 1. The minimum Gasteiger partial charge on any atom is -0.382 e. The lowest BCUT2D eigenvalue weighted by Gasteiger charge is -2.33. The highest BCUT2D eigenvalue weighted by atomic mass is 32.2. The molecule has 0 aliphatic carbocycles. The van der Waals surface area contributed by atoms with Crippen molar-refractivity contribution in [3.63, 3.8) is 0 Å². The Balaban J connectivity index is 1.57. The fourth-order valence-corrected chi connectivity index (χ4v) is 4.31. The molecular formula is C19H21FN6O2S. The monoisotopic (exact) mass is 416 g/mol. The van der Waals surface area contributed by atoms with Crippen LogP contribution in [0.15, 0.2) is 36.7 Å². The second-order valence-electron chi connectivity index (χ2n) is 7.11. The van der Waals surface area contributed by atoms with E-state index in [0.29, 0.717) is 55.0 Å². The van der Waals surface area contributed by atoms with Crippen molar-refractivity contribution in [3.05, 3.63) is 48.0 Å². The summed E-state index contributed by atoms with van der Waals surface area (Å²) in [5.41, 5.74) is 9.01.